The van der Waals surface area contributed by atoms with Crippen LogP contribution < -0.4 is 0 Å². The third kappa shape index (κ3) is 33.7. The molecule has 368 valence electrons. The second-order valence-electron chi connectivity index (χ2n) is 18.3. The van der Waals surface area contributed by atoms with Gasteiger partial charge in [0, 0.05) is 25.7 Å². The molecule has 0 radical (unpaired) electrons. The molecule has 64 heavy (non-hydrogen) atoms. The number of phosphoric acid groups is 1. The molecule has 1 heterocycles. The first-order valence-electron chi connectivity index (χ1n) is 24.8. The van der Waals surface area contributed by atoms with Gasteiger partial charge in [0.15, 0.2) is 6.10 Å². The third-order valence-electron chi connectivity index (χ3n) is 11.2. The summed E-state index contributed by atoms with van der Waals surface area (Å²) in [5.74, 6) is 1.34. The Morgan fingerprint density at radius 3 is 1.84 bits per heavy atom. The number of quaternary nitrogens is 1. The van der Waals surface area contributed by atoms with E-state index in [1.165, 1.54) is 93.3 Å². The Balaban J connectivity index is 2.38. The zero-order valence-electron chi connectivity index (χ0n) is 41.3. The molecular weight excluding hydrogens is 830 g/mol. The lowest BCUT2D eigenvalue weighted by Crippen LogP contribution is -2.37. The first-order chi connectivity index (χ1) is 30.7. The van der Waals surface area contributed by atoms with Crippen molar-refractivity contribution in [2.45, 2.75) is 200 Å². The van der Waals surface area contributed by atoms with Crippen LogP contribution in [0.1, 0.15) is 184 Å². The number of hydrogen-bond donors (Lipinski definition) is 2. The summed E-state index contributed by atoms with van der Waals surface area (Å²) in [5.41, 5.74) is 2.68. The summed E-state index contributed by atoms with van der Waals surface area (Å²) in [7, 11) is 1.35. The van der Waals surface area contributed by atoms with Crippen LogP contribution in [0, 0.1) is 13.8 Å². The Kier molecular flexibility index (Phi) is 34.5. The van der Waals surface area contributed by atoms with Crippen molar-refractivity contribution in [3.05, 3.63) is 71.3 Å². The first-order valence-corrected chi connectivity index (χ1v) is 26.3. The van der Waals surface area contributed by atoms with Crippen LogP contribution in [0.25, 0.3) is 0 Å². The maximum atomic E-state index is 12.8. The molecule has 1 rings (SSSR count). The number of unbranched alkanes of at least 4 members (excludes halogenated alkanes) is 14. The van der Waals surface area contributed by atoms with E-state index >= 15 is 0 Å². The second-order valence-corrected chi connectivity index (χ2v) is 19.7. The van der Waals surface area contributed by atoms with E-state index in [1.807, 2.05) is 33.3 Å². The van der Waals surface area contributed by atoms with Gasteiger partial charge in [0.25, 0.3) is 0 Å². The fourth-order valence-electron chi connectivity index (χ4n) is 6.94. The molecule has 0 aliphatic carbocycles. The molecular formula is C52H91NO10P+. The molecule has 0 bridgehead atoms. The summed E-state index contributed by atoms with van der Waals surface area (Å²) in [5, 5.41) is 10.3. The smallest absolute Gasteiger partial charge is 0.466 e. The average Bonchev–Trinajstić information content (AvgIpc) is 3.51. The van der Waals surface area contributed by atoms with Gasteiger partial charge in [-0.25, -0.2) is 4.57 Å². The number of ether oxygens (including phenoxy) is 2. The van der Waals surface area contributed by atoms with E-state index < -0.39 is 38.6 Å². The van der Waals surface area contributed by atoms with E-state index in [2.05, 4.69) is 52.0 Å². The number of esters is 2. The fraction of sp³-hybridized carbons (Fsp3) is 0.731. The van der Waals surface area contributed by atoms with Crippen LogP contribution in [-0.4, -0.2) is 86.1 Å². The molecule has 0 spiro atoms. The summed E-state index contributed by atoms with van der Waals surface area (Å²) in [4.78, 5) is 35.6. The molecule has 0 aliphatic heterocycles. The normalized spacial score (nSPS) is 14.3. The number of aliphatic hydroxyl groups excluding tert-OH is 1. The highest BCUT2D eigenvalue weighted by molar-refractivity contribution is 7.47. The third-order valence-corrected chi connectivity index (χ3v) is 12.2. The molecule has 1 unspecified atom stereocenters. The number of hydrogen-bond acceptors (Lipinski definition) is 9. The van der Waals surface area contributed by atoms with Gasteiger partial charge in [0.2, 0.25) is 0 Å². The number of aliphatic hydroxyl groups is 1. The summed E-state index contributed by atoms with van der Waals surface area (Å²) in [6.45, 7) is 8.51. The van der Waals surface area contributed by atoms with E-state index in [1.54, 1.807) is 12.2 Å². The van der Waals surface area contributed by atoms with Crippen LogP contribution in [0.3, 0.4) is 0 Å². The molecule has 1 aromatic heterocycles. The summed E-state index contributed by atoms with van der Waals surface area (Å²) < 4.78 is 40.5. The summed E-state index contributed by atoms with van der Waals surface area (Å²) >= 11 is 0. The van der Waals surface area contributed by atoms with Gasteiger partial charge in [-0.05, 0) is 82.8 Å². The van der Waals surface area contributed by atoms with Gasteiger partial charge in [-0.2, -0.15) is 0 Å². The molecule has 0 saturated heterocycles. The van der Waals surface area contributed by atoms with E-state index in [-0.39, 0.29) is 26.1 Å². The number of carbonyl (C=O) groups is 2. The second kappa shape index (κ2) is 37.3. The van der Waals surface area contributed by atoms with Crippen LogP contribution in [0.5, 0.6) is 0 Å². The number of phosphoric ester groups is 1. The Morgan fingerprint density at radius 1 is 0.672 bits per heavy atom. The highest BCUT2D eigenvalue weighted by Gasteiger charge is 2.27. The number of nitrogens with zero attached hydrogens (tertiary/aromatic N) is 1. The SMILES string of the molecule is CCCCC/C=C\C/C=C\C/C=C\C=C\[C@@H](O)CCCC(=O)OC[C@H](COP(=O)(O)OCC[N+](C)(C)C)OC(=O)CCCCCCCCCCCCc1oc(CCCCC)c(C)c1C. The quantitative estimate of drug-likeness (QED) is 0.0163. The van der Waals surface area contributed by atoms with Gasteiger partial charge in [-0.15, -0.1) is 0 Å². The molecule has 0 aliphatic rings. The number of aryl methyl sites for hydroxylation is 2. The van der Waals surface area contributed by atoms with E-state index in [0.29, 0.717) is 30.3 Å². The van der Waals surface area contributed by atoms with Crippen LogP contribution in [0.4, 0.5) is 0 Å². The molecule has 11 nitrogen and oxygen atoms in total. The Morgan fingerprint density at radius 2 is 1.22 bits per heavy atom. The van der Waals surface area contributed by atoms with Crippen molar-refractivity contribution in [1.29, 1.82) is 0 Å². The van der Waals surface area contributed by atoms with Gasteiger partial charge in [0.05, 0.1) is 33.9 Å². The minimum atomic E-state index is -4.44. The number of rotatable bonds is 41. The molecule has 12 heteroatoms. The van der Waals surface area contributed by atoms with Gasteiger partial charge < -0.3 is 28.4 Å². The standard InChI is InChI=1S/C52H90NO10P/c1-8-10-12-13-14-15-16-17-18-21-24-27-31-35-47(54)36-34-40-51(55)59-43-48(44-61-64(57,58)60-42-41-53(5,6)7)62-52(56)39-33-29-26-23-20-19-22-25-28-32-38-50-46(4)45(3)49(63-50)37-30-11-9-2/h14-15,17-18,24,27,31,35,47-48,54H,8-13,16,19-23,25-26,28-30,32-34,36-44H2,1-7H3/p+1/b15-14-,18-17-,27-24-,35-31+/t47-,48-/m1/s1. The van der Waals surface area contributed by atoms with Gasteiger partial charge in [0.1, 0.15) is 31.3 Å². The molecule has 0 aromatic carbocycles. The topological polar surface area (TPSA) is 142 Å². The summed E-state index contributed by atoms with van der Waals surface area (Å²) in [6, 6.07) is 0. The summed E-state index contributed by atoms with van der Waals surface area (Å²) in [6.07, 6.45) is 38.6. The minimum Gasteiger partial charge on any atom is -0.466 e. The zero-order valence-corrected chi connectivity index (χ0v) is 42.2. The van der Waals surface area contributed by atoms with Crippen LogP contribution >= 0.6 is 7.82 Å². The van der Waals surface area contributed by atoms with Crippen molar-refractivity contribution in [2.24, 2.45) is 0 Å². The Labute approximate surface area is 389 Å². The highest BCUT2D eigenvalue weighted by Crippen LogP contribution is 2.43. The van der Waals surface area contributed by atoms with Crippen LogP contribution in [-0.2, 0) is 45.5 Å². The van der Waals surface area contributed by atoms with Crippen molar-refractivity contribution in [1.82, 2.24) is 0 Å². The predicted molar refractivity (Wildman–Crippen MR) is 261 cm³/mol. The van der Waals surface area contributed by atoms with Crippen molar-refractivity contribution in [3.8, 4) is 0 Å². The lowest BCUT2D eigenvalue weighted by Gasteiger charge is -2.24. The van der Waals surface area contributed by atoms with E-state index in [4.69, 9.17) is 22.9 Å². The Bertz CT molecular complexity index is 1520. The molecule has 0 amide bonds. The van der Waals surface area contributed by atoms with Gasteiger partial charge in [-0.3, -0.25) is 18.6 Å². The molecule has 3 atom stereocenters. The molecule has 2 N–H and O–H groups in total. The predicted octanol–water partition coefficient (Wildman–Crippen LogP) is 12.9. The van der Waals surface area contributed by atoms with E-state index in [9.17, 15) is 24.2 Å². The zero-order chi connectivity index (χ0) is 47.3. The average molecular weight is 921 g/mol. The van der Waals surface area contributed by atoms with Gasteiger partial charge >= 0.3 is 19.8 Å². The number of furan rings is 1. The van der Waals surface area contributed by atoms with Crippen molar-refractivity contribution < 1.29 is 51.6 Å². The van der Waals surface area contributed by atoms with Crippen molar-refractivity contribution in [2.75, 3.05) is 47.5 Å². The molecule has 0 saturated carbocycles. The maximum absolute atomic E-state index is 12.8. The number of likely N-dealkylation sites (N-methyl/N-ethyl adjacent to an activating group) is 1. The maximum Gasteiger partial charge on any atom is 0.472 e. The van der Waals surface area contributed by atoms with E-state index in [0.717, 1.165) is 57.8 Å². The lowest BCUT2D eigenvalue weighted by molar-refractivity contribution is -0.870. The van der Waals surface area contributed by atoms with Crippen LogP contribution in [0.2, 0.25) is 0 Å². The minimum absolute atomic E-state index is 0.00521. The van der Waals surface area contributed by atoms with Crippen molar-refractivity contribution in [3.63, 3.8) is 0 Å². The van der Waals surface area contributed by atoms with Crippen LogP contribution in [0.15, 0.2) is 53.0 Å². The monoisotopic (exact) mass is 921 g/mol. The highest BCUT2D eigenvalue weighted by atomic mass is 31.2. The largest absolute Gasteiger partial charge is 0.472 e. The fourth-order valence-corrected chi connectivity index (χ4v) is 7.68. The van der Waals surface area contributed by atoms with Crippen molar-refractivity contribution >= 4 is 19.8 Å². The Hall–Kier alpha value is -2.79. The first kappa shape index (κ1) is 59.2. The van der Waals surface area contributed by atoms with Gasteiger partial charge in [-0.1, -0.05) is 140 Å². The number of allylic oxidation sites excluding steroid dienone is 7. The number of carbonyl (C=O) groups excluding carboxylic acids is 2. The lowest BCUT2D eigenvalue weighted by atomic mass is 10.0. The molecule has 1 aromatic rings. The molecule has 0 fully saturated rings.